The van der Waals surface area contributed by atoms with Crippen molar-refractivity contribution in [3.63, 3.8) is 0 Å². The first-order valence-corrected chi connectivity index (χ1v) is 4.66. The van der Waals surface area contributed by atoms with Gasteiger partial charge in [-0.2, -0.15) is 0 Å². The Balaban J connectivity index is 2.47. The number of ketones is 1. The molecule has 1 aliphatic heterocycles. The molecule has 0 bridgehead atoms. The van der Waals surface area contributed by atoms with Crippen LogP contribution in [0, 0.1) is 5.92 Å². The van der Waals surface area contributed by atoms with E-state index < -0.39 is 0 Å². The van der Waals surface area contributed by atoms with Gasteiger partial charge in [0.15, 0.2) is 5.78 Å². The lowest BCUT2D eigenvalue weighted by molar-refractivity contribution is 0.0774. The number of rotatable bonds is 1. The number of para-hydroxylation sites is 1. The van der Waals surface area contributed by atoms with Crippen LogP contribution in [0.15, 0.2) is 36.9 Å². The van der Waals surface area contributed by atoms with Crippen LogP contribution in [0.25, 0.3) is 0 Å². The van der Waals surface area contributed by atoms with E-state index in [2.05, 4.69) is 6.58 Å². The summed E-state index contributed by atoms with van der Waals surface area (Å²) in [6.45, 7) is 5.53. The summed E-state index contributed by atoms with van der Waals surface area (Å²) in [5.41, 5.74) is 0.679. The molecule has 0 fully saturated rings. The Morgan fingerprint density at radius 1 is 1.43 bits per heavy atom. The molecule has 1 aliphatic rings. The van der Waals surface area contributed by atoms with Crippen LogP contribution in [0.1, 0.15) is 17.3 Å². The van der Waals surface area contributed by atoms with Gasteiger partial charge in [-0.3, -0.25) is 4.79 Å². The van der Waals surface area contributed by atoms with E-state index in [0.29, 0.717) is 11.3 Å². The Morgan fingerprint density at radius 3 is 2.86 bits per heavy atom. The molecule has 72 valence electrons. The van der Waals surface area contributed by atoms with Gasteiger partial charge in [-0.25, -0.2) is 0 Å². The first-order valence-electron chi connectivity index (χ1n) is 4.66. The number of carbonyl (C=O) groups excluding carboxylic acids is 1. The highest BCUT2D eigenvalue weighted by Gasteiger charge is 2.31. The molecule has 1 aromatic carbocycles. The minimum absolute atomic E-state index is 0.136. The van der Waals surface area contributed by atoms with Crippen LogP contribution in [0.5, 0.6) is 5.75 Å². The van der Waals surface area contributed by atoms with Crippen molar-refractivity contribution in [3.8, 4) is 5.75 Å². The molecule has 2 nitrogen and oxygen atoms in total. The SMILES string of the molecule is C=CC1Oc2ccccc2C(=O)C1C. The molecule has 0 aliphatic carbocycles. The molecule has 2 heteroatoms. The predicted octanol–water partition coefficient (Wildman–Crippen LogP) is 2.45. The van der Waals surface area contributed by atoms with Crippen molar-refractivity contribution in [3.05, 3.63) is 42.5 Å². The largest absolute Gasteiger partial charge is 0.485 e. The predicted molar refractivity (Wildman–Crippen MR) is 54.5 cm³/mol. The van der Waals surface area contributed by atoms with Gasteiger partial charge in [-0.05, 0) is 12.1 Å². The van der Waals surface area contributed by atoms with Crippen molar-refractivity contribution in [1.82, 2.24) is 0 Å². The van der Waals surface area contributed by atoms with Gasteiger partial charge < -0.3 is 4.74 Å². The van der Waals surface area contributed by atoms with Crippen molar-refractivity contribution >= 4 is 5.78 Å². The van der Waals surface area contributed by atoms with E-state index in [0.717, 1.165) is 0 Å². The van der Waals surface area contributed by atoms with E-state index in [9.17, 15) is 4.79 Å². The van der Waals surface area contributed by atoms with Crippen molar-refractivity contribution in [2.45, 2.75) is 13.0 Å². The van der Waals surface area contributed by atoms with Crippen LogP contribution >= 0.6 is 0 Å². The molecule has 0 saturated carbocycles. The second-order valence-electron chi connectivity index (χ2n) is 3.47. The Hall–Kier alpha value is -1.57. The first-order chi connectivity index (χ1) is 6.74. The molecule has 1 aromatic rings. The number of benzene rings is 1. The average molecular weight is 188 g/mol. The van der Waals surface area contributed by atoms with Crippen LogP contribution in [0.2, 0.25) is 0 Å². The lowest BCUT2D eigenvalue weighted by Crippen LogP contribution is -2.34. The zero-order valence-corrected chi connectivity index (χ0v) is 8.07. The van der Waals surface area contributed by atoms with Crippen molar-refractivity contribution in [2.24, 2.45) is 5.92 Å². The van der Waals surface area contributed by atoms with Gasteiger partial charge in [0.25, 0.3) is 0 Å². The molecule has 0 radical (unpaired) electrons. The third kappa shape index (κ3) is 1.23. The minimum atomic E-state index is -0.197. The zero-order chi connectivity index (χ0) is 10.1. The third-order valence-electron chi connectivity index (χ3n) is 2.55. The number of hydrogen-bond donors (Lipinski definition) is 0. The molecular weight excluding hydrogens is 176 g/mol. The van der Waals surface area contributed by atoms with E-state index in [1.54, 1.807) is 12.1 Å². The van der Waals surface area contributed by atoms with Gasteiger partial charge in [0, 0.05) is 0 Å². The highest BCUT2D eigenvalue weighted by atomic mass is 16.5. The molecule has 0 aromatic heterocycles. The fourth-order valence-electron chi connectivity index (χ4n) is 1.67. The van der Waals surface area contributed by atoms with Crippen LogP contribution in [0.3, 0.4) is 0 Å². The molecule has 2 atom stereocenters. The van der Waals surface area contributed by atoms with Gasteiger partial charge in [0.2, 0.25) is 0 Å². The molecule has 0 N–H and O–H groups in total. The lowest BCUT2D eigenvalue weighted by Gasteiger charge is -2.28. The number of carbonyl (C=O) groups is 1. The Kier molecular flexibility index (Phi) is 2.12. The van der Waals surface area contributed by atoms with E-state index in [4.69, 9.17) is 4.74 Å². The maximum absolute atomic E-state index is 11.9. The molecule has 2 unspecified atom stereocenters. The number of Topliss-reactive ketones (excluding diaryl/α,β-unsaturated/α-hetero) is 1. The Labute approximate surface area is 83.2 Å². The second-order valence-corrected chi connectivity index (χ2v) is 3.47. The van der Waals surface area contributed by atoms with Crippen LogP contribution in [-0.2, 0) is 0 Å². The summed E-state index contributed by atoms with van der Waals surface area (Å²) in [5, 5.41) is 0. The maximum Gasteiger partial charge on any atom is 0.173 e. The Bertz CT molecular complexity index is 382. The summed E-state index contributed by atoms with van der Waals surface area (Å²) in [6.07, 6.45) is 1.48. The minimum Gasteiger partial charge on any atom is -0.485 e. The molecule has 1 heterocycles. The summed E-state index contributed by atoms with van der Waals surface area (Å²) in [4.78, 5) is 11.9. The summed E-state index contributed by atoms with van der Waals surface area (Å²) in [5.74, 6) is 0.666. The van der Waals surface area contributed by atoms with E-state index in [1.807, 2.05) is 25.1 Å². The fraction of sp³-hybridized carbons (Fsp3) is 0.250. The standard InChI is InChI=1S/C12H12O2/c1-3-10-8(2)12(13)9-6-4-5-7-11(9)14-10/h3-8,10H,1H2,2H3. The first kappa shape index (κ1) is 9.00. The third-order valence-corrected chi connectivity index (χ3v) is 2.55. The molecule has 2 rings (SSSR count). The molecule has 14 heavy (non-hydrogen) atoms. The van der Waals surface area contributed by atoms with Crippen molar-refractivity contribution < 1.29 is 9.53 Å². The van der Waals surface area contributed by atoms with E-state index >= 15 is 0 Å². The zero-order valence-electron chi connectivity index (χ0n) is 8.07. The topological polar surface area (TPSA) is 26.3 Å². The summed E-state index contributed by atoms with van der Waals surface area (Å²) in [7, 11) is 0. The summed E-state index contributed by atoms with van der Waals surface area (Å²) < 4.78 is 5.62. The summed E-state index contributed by atoms with van der Waals surface area (Å²) in [6, 6.07) is 7.33. The fourth-order valence-corrected chi connectivity index (χ4v) is 1.67. The van der Waals surface area contributed by atoms with Gasteiger partial charge in [0.1, 0.15) is 11.9 Å². The normalized spacial score (nSPS) is 25.1. The molecule has 0 spiro atoms. The average Bonchev–Trinajstić information content (AvgIpc) is 2.23. The lowest BCUT2D eigenvalue weighted by atomic mass is 9.91. The van der Waals surface area contributed by atoms with Gasteiger partial charge in [-0.15, -0.1) is 0 Å². The van der Waals surface area contributed by atoms with Crippen molar-refractivity contribution in [1.29, 1.82) is 0 Å². The molecule has 0 amide bonds. The van der Waals surface area contributed by atoms with Crippen molar-refractivity contribution in [2.75, 3.05) is 0 Å². The quantitative estimate of drug-likeness (QED) is 0.633. The molecular formula is C12H12O2. The highest BCUT2D eigenvalue weighted by Crippen LogP contribution is 2.30. The summed E-state index contributed by atoms with van der Waals surface area (Å²) >= 11 is 0. The number of fused-ring (bicyclic) bond motifs is 1. The smallest absolute Gasteiger partial charge is 0.173 e. The van der Waals surface area contributed by atoms with Crippen LogP contribution < -0.4 is 4.74 Å². The Morgan fingerprint density at radius 2 is 2.14 bits per heavy atom. The number of ether oxygens (including phenoxy) is 1. The van der Waals surface area contributed by atoms with Crippen LogP contribution in [-0.4, -0.2) is 11.9 Å². The maximum atomic E-state index is 11.9. The monoisotopic (exact) mass is 188 g/mol. The van der Waals surface area contributed by atoms with Gasteiger partial charge in [-0.1, -0.05) is 31.7 Å². The van der Waals surface area contributed by atoms with E-state index in [-0.39, 0.29) is 17.8 Å². The molecule has 0 saturated heterocycles. The highest BCUT2D eigenvalue weighted by molar-refractivity contribution is 6.01. The van der Waals surface area contributed by atoms with Crippen LogP contribution in [0.4, 0.5) is 0 Å². The van der Waals surface area contributed by atoms with Gasteiger partial charge >= 0.3 is 0 Å². The van der Waals surface area contributed by atoms with E-state index in [1.165, 1.54) is 0 Å². The second kappa shape index (κ2) is 3.29. The number of hydrogen-bond acceptors (Lipinski definition) is 2. The van der Waals surface area contributed by atoms with Gasteiger partial charge in [0.05, 0.1) is 11.5 Å².